The summed E-state index contributed by atoms with van der Waals surface area (Å²) in [6.45, 7) is 2.87. The molecule has 0 saturated heterocycles. The highest BCUT2D eigenvalue weighted by molar-refractivity contribution is 7.12. The first-order chi connectivity index (χ1) is 10.3. The van der Waals surface area contributed by atoms with Gasteiger partial charge in [-0.1, -0.05) is 64.7 Å². The molecule has 1 aromatic rings. The average molecular weight is 312 g/mol. The first-order valence-corrected chi connectivity index (χ1v) is 9.07. The van der Waals surface area contributed by atoms with Crippen LogP contribution in [0.5, 0.6) is 5.75 Å². The highest BCUT2D eigenvalue weighted by atomic mass is 32.1. The van der Waals surface area contributed by atoms with Gasteiger partial charge in [0.15, 0.2) is 4.88 Å². The van der Waals surface area contributed by atoms with Gasteiger partial charge in [0.2, 0.25) is 0 Å². The zero-order chi connectivity index (χ0) is 15.3. The average Bonchev–Trinajstić information content (AvgIpc) is 2.93. The normalized spacial score (nSPS) is 10.7. The van der Waals surface area contributed by atoms with Crippen LogP contribution in [-0.4, -0.2) is 17.7 Å². The fourth-order valence-corrected chi connectivity index (χ4v) is 3.01. The number of ether oxygens (including phenoxy) is 1. The third-order valence-corrected chi connectivity index (χ3v) is 4.46. The Hall–Kier alpha value is -1.03. The number of hydrogen-bond donors (Lipinski definition) is 1. The van der Waals surface area contributed by atoms with Gasteiger partial charge in [0.05, 0.1) is 6.61 Å². The van der Waals surface area contributed by atoms with Crippen molar-refractivity contribution in [2.75, 3.05) is 6.61 Å². The summed E-state index contributed by atoms with van der Waals surface area (Å²) in [5.41, 5.74) is 0. The first-order valence-electron chi connectivity index (χ1n) is 8.19. The number of hydrogen-bond acceptors (Lipinski definition) is 3. The summed E-state index contributed by atoms with van der Waals surface area (Å²) in [5.74, 6) is -0.383. The predicted octanol–water partition coefficient (Wildman–Crippen LogP) is 5.75. The van der Waals surface area contributed by atoms with Crippen LogP contribution in [0.1, 0.15) is 80.8 Å². The van der Waals surface area contributed by atoms with Crippen molar-refractivity contribution >= 4 is 17.3 Å². The van der Waals surface area contributed by atoms with Crippen LogP contribution in [0.15, 0.2) is 11.4 Å². The standard InChI is InChI=1S/C17H28O3S/c1-2-3-4-5-6-7-8-9-10-11-13-20-15-12-14-21-16(15)17(18)19/h12,14H,2-11,13H2,1H3,(H,18,19). The summed E-state index contributed by atoms with van der Waals surface area (Å²) >= 11 is 1.22. The number of carboxylic acids is 1. The van der Waals surface area contributed by atoms with E-state index in [1.807, 2.05) is 0 Å². The maximum Gasteiger partial charge on any atom is 0.349 e. The Morgan fingerprint density at radius 1 is 1.05 bits per heavy atom. The summed E-state index contributed by atoms with van der Waals surface area (Å²) in [6.07, 6.45) is 12.9. The van der Waals surface area contributed by atoms with Gasteiger partial charge in [0, 0.05) is 0 Å². The molecule has 0 spiro atoms. The van der Waals surface area contributed by atoms with Crippen LogP contribution in [0.3, 0.4) is 0 Å². The van der Waals surface area contributed by atoms with E-state index in [4.69, 9.17) is 9.84 Å². The molecule has 1 N–H and O–H groups in total. The molecule has 0 aliphatic heterocycles. The second-order valence-corrected chi connectivity index (χ2v) is 6.37. The molecule has 0 fully saturated rings. The van der Waals surface area contributed by atoms with Gasteiger partial charge in [0.25, 0.3) is 0 Å². The van der Waals surface area contributed by atoms with Crippen molar-refractivity contribution in [3.8, 4) is 5.75 Å². The third kappa shape index (κ3) is 8.10. The summed E-state index contributed by atoms with van der Waals surface area (Å²) in [5, 5.41) is 10.7. The Kier molecular flexibility index (Phi) is 9.96. The van der Waals surface area contributed by atoms with Gasteiger partial charge in [-0.2, -0.15) is 0 Å². The lowest BCUT2D eigenvalue weighted by Crippen LogP contribution is -2.01. The van der Waals surface area contributed by atoms with E-state index in [0.29, 0.717) is 17.2 Å². The lowest BCUT2D eigenvalue weighted by Gasteiger charge is -2.05. The molecule has 0 radical (unpaired) electrons. The molecule has 0 unspecified atom stereocenters. The lowest BCUT2D eigenvalue weighted by molar-refractivity contribution is 0.0698. The molecule has 1 aromatic heterocycles. The van der Waals surface area contributed by atoms with Crippen molar-refractivity contribution < 1.29 is 14.6 Å². The van der Waals surface area contributed by atoms with E-state index in [2.05, 4.69) is 6.92 Å². The minimum Gasteiger partial charge on any atom is -0.492 e. The van der Waals surface area contributed by atoms with Crippen molar-refractivity contribution in [1.29, 1.82) is 0 Å². The molecule has 0 aliphatic carbocycles. The molecule has 0 aromatic carbocycles. The Morgan fingerprint density at radius 3 is 2.19 bits per heavy atom. The number of thiophene rings is 1. The Labute approximate surface area is 132 Å². The predicted molar refractivity (Wildman–Crippen MR) is 88.6 cm³/mol. The monoisotopic (exact) mass is 312 g/mol. The van der Waals surface area contributed by atoms with Crippen LogP contribution >= 0.6 is 11.3 Å². The van der Waals surface area contributed by atoms with E-state index in [0.717, 1.165) is 6.42 Å². The van der Waals surface area contributed by atoms with Gasteiger partial charge in [0.1, 0.15) is 5.75 Å². The van der Waals surface area contributed by atoms with Gasteiger partial charge in [-0.05, 0) is 17.9 Å². The van der Waals surface area contributed by atoms with Crippen LogP contribution in [0.2, 0.25) is 0 Å². The number of aromatic carboxylic acids is 1. The molecular weight excluding hydrogens is 284 g/mol. The molecular formula is C17H28O3S. The van der Waals surface area contributed by atoms with Gasteiger partial charge in [-0.3, -0.25) is 0 Å². The van der Waals surface area contributed by atoms with E-state index in [1.165, 1.54) is 69.1 Å². The molecule has 21 heavy (non-hydrogen) atoms. The smallest absolute Gasteiger partial charge is 0.349 e. The van der Waals surface area contributed by atoms with Gasteiger partial charge in [-0.25, -0.2) is 4.79 Å². The quantitative estimate of drug-likeness (QED) is 0.472. The lowest BCUT2D eigenvalue weighted by atomic mass is 10.1. The van der Waals surface area contributed by atoms with Gasteiger partial charge < -0.3 is 9.84 Å². The Morgan fingerprint density at radius 2 is 1.62 bits per heavy atom. The summed E-state index contributed by atoms with van der Waals surface area (Å²) in [7, 11) is 0. The summed E-state index contributed by atoms with van der Waals surface area (Å²) in [6, 6.07) is 1.74. The highest BCUT2D eigenvalue weighted by Gasteiger charge is 2.12. The largest absolute Gasteiger partial charge is 0.492 e. The molecule has 0 aliphatic rings. The van der Waals surface area contributed by atoms with Crippen LogP contribution in [-0.2, 0) is 0 Å². The number of carbonyl (C=O) groups is 1. The van der Waals surface area contributed by atoms with E-state index in [-0.39, 0.29) is 0 Å². The van der Waals surface area contributed by atoms with E-state index >= 15 is 0 Å². The second kappa shape index (κ2) is 11.6. The second-order valence-electron chi connectivity index (χ2n) is 5.45. The SMILES string of the molecule is CCCCCCCCCCCCOc1ccsc1C(=O)O. The van der Waals surface area contributed by atoms with Crippen molar-refractivity contribution in [1.82, 2.24) is 0 Å². The fraction of sp³-hybridized carbons (Fsp3) is 0.706. The molecule has 0 saturated carbocycles. The number of rotatable bonds is 13. The van der Waals surface area contributed by atoms with Crippen LogP contribution in [0.4, 0.5) is 0 Å². The molecule has 3 nitrogen and oxygen atoms in total. The van der Waals surface area contributed by atoms with Gasteiger partial charge >= 0.3 is 5.97 Å². The molecule has 120 valence electrons. The Bertz CT molecular complexity index is 387. The molecule has 1 rings (SSSR count). The molecule has 0 amide bonds. The fourth-order valence-electron chi connectivity index (χ4n) is 2.34. The summed E-state index contributed by atoms with van der Waals surface area (Å²) < 4.78 is 5.54. The zero-order valence-electron chi connectivity index (χ0n) is 13.1. The molecule has 0 bridgehead atoms. The van der Waals surface area contributed by atoms with Crippen LogP contribution in [0, 0.1) is 0 Å². The summed E-state index contributed by atoms with van der Waals surface area (Å²) in [4.78, 5) is 11.2. The highest BCUT2D eigenvalue weighted by Crippen LogP contribution is 2.24. The maximum absolute atomic E-state index is 10.9. The topological polar surface area (TPSA) is 46.5 Å². The third-order valence-electron chi connectivity index (χ3n) is 3.58. The molecule has 4 heteroatoms. The van der Waals surface area contributed by atoms with Crippen molar-refractivity contribution in [3.05, 3.63) is 16.3 Å². The van der Waals surface area contributed by atoms with E-state index in [9.17, 15) is 4.79 Å². The number of carboxylic acid groups (broad SMARTS) is 1. The molecule has 0 atom stereocenters. The van der Waals surface area contributed by atoms with Crippen molar-refractivity contribution in [2.45, 2.75) is 71.1 Å². The van der Waals surface area contributed by atoms with E-state index in [1.54, 1.807) is 11.4 Å². The van der Waals surface area contributed by atoms with Crippen LogP contribution < -0.4 is 4.74 Å². The van der Waals surface area contributed by atoms with Crippen LogP contribution in [0.25, 0.3) is 0 Å². The first kappa shape index (κ1) is 18.0. The van der Waals surface area contributed by atoms with E-state index < -0.39 is 5.97 Å². The Balaban J connectivity index is 1.93. The maximum atomic E-state index is 10.9. The number of unbranched alkanes of at least 4 members (excludes halogenated alkanes) is 9. The van der Waals surface area contributed by atoms with Gasteiger partial charge in [-0.15, -0.1) is 11.3 Å². The minimum atomic E-state index is -0.900. The van der Waals surface area contributed by atoms with Crippen molar-refractivity contribution in [3.63, 3.8) is 0 Å². The minimum absolute atomic E-state index is 0.307. The van der Waals surface area contributed by atoms with Crippen molar-refractivity contribution in [2.24, 2.45) is 0 Å². The molecule has 1 heterocycles. The zero-order valence-corrected chi connectivity index (χ0v) is 13.9.